The second-order valence-corrected chi connectivity index (χ2v) is 5.63. The summed E-state index contributed by atoms with van der Waals surface area (Å²) >= 11 is 5.82. The number of hydrogen-bond acceptors (Lipinski definition) is 3. The van der Waals surface area contributed by atoms with Crippen LogP contribution < -0.4 is 5.73 Å². The summed E-state index contributed by atoms with van der Waals surface area (Å²) in [5.74, 6) is -0.335. The molecular formula is C13H19ClN2O2. The van der Waals surface area contributed by atoms with Crippen LogP contribution in [-0.2, 0) is 0 Å². The lowest BCUT2D eigenvalue weighted by Crippen LogP contribution is -2.39. The lowest BCUT2D eigenvalue weighted by molar-refractivity contribution is 0.0737. The number of halogens is 1. The molecule has 0 unspecified atom stereocenters. The zero-order valence-electron chi connectivity index (χ0n) is 10.9. The molecular weight excluding hydrogens is 252 g/mol. The highest BCUT2D eigenvalue weighted by Gasteiger charge is 2.23. The van der Waals surface area contributed by atoms with Gasteiger partial charge in [0, 0.05) is 18.6 Å². The molecule has 0 aromatic heterocycles. The molecule has 0 fully saturated rings. The van der Waals surface area contributed by atoms with Crippen molar-refractivity contribution in [3.63, 3.8) is 0 Å². The highest BCUT2D eigenvalue weighted by Crippen LogP contribution is 2.24. The third-order valence-corrected chi connectivity index (χ3v) is 2.99. The van der Waals surface area contributed by atoms with E-state index in [-0.39, 0.29) is 22.6 Å². The highest BCUT2D eigenvalue weighted by molar-refractivity contribution is 6.31. The summed E-state index contributed by atoms with van der Waals surface area (Å²) < 4.78 is 0. The van der Waals surface area contributed by atoms with Crippen molar-refractivity contribution in [2.24, 2.45) is 11.1 Å². The van der Waals surface area contributed by atoms with Crippen LogP contribution in [0.4, 0.5) is 0 Å². The topological polar surface area (TPSA) is 66.6 Å². The van der Waals surface area contributed by atoms with Gasteiger partial charge in [0.25, 0.3) is 5.91 Å². The Labute approximate surface area is 112 Å². The van der Waals surface area contributed by atoms with Crippen LogP contribution in [0.25, 0.3) is 0 Å². The Morgan fingerprint density at radius 3 is 2.67 bits per heavy atom. The lowest BCUT2D eigenvalue weighted by atomic mass is 9.93. The highest BCUT2D eigenvalue weighted by atomic mass is 35.5. The van der Waals surface area contributed by atoms with Crippen molar-refractivity contribution in [1.82, 2.24) is 4.90 Å². The molecule has 0 spiro atoms. The fourth-order valence-corrected chi connectivity index (χ4v) is 1.84. The number of nitrogens with two attached hydrogens (primary N) is 1. The van der Waals surface area contributed by atoms with Gasteiger partial charge in [0.2, 0.25) is 0 Å². The molecule has 0 aliphatic rings. The average Bonchev–Trinajstić information content (AvgIpc) is 2.31. The van der Waals surface area contributed by atoms with Crippen molar-refractivity contribution in [3.05, 3.63) is 28.8 Å². The summed E-state index contributed by atoms with van der Waals surface area (Å²) in [5.41, 5.74) is 5.68. The van der Waals surface area contributed by atoms with Gasteiger partial charge < -0.3 is 15.7 Å². The average molecular weight is 271 g/mol. The number of nitrogens with zero attached hydrogens (tertiary/aromatic N) is 1. The molecule has 100 valence electrons. The maximum Gasteiger partial charge on any atom is 0.257 e. The molecule has 0 heterocycles. The Hall–Kier alpha value is -1.26. The molecule has 0 bridgehead atoms. The van der Waals surface area contributed by atoms with Gasteiger partial charge >= 0.3 is 0 Å². The van der Waals surface area contributed by atoms with Crippen LogP contribution in [0.3, 0.4) is 0 Å². The van der Waals surface area contributed by atoms with Gasteiger partial charge in [0.1, 0.15) is 5.75 Å². The van der Waals surface area contributed by atoms with Crippen molar-refractivity contribution in [3.8, 4) is 5.75 Å². The van der Waals surface area contributed by atoms with Crippen LogP contribution in [-0.4, -0.2) is 36.1 Å². The summed E-state index contributed by atoms with van der Waals surface area (Å²) in [4.78, 5) is 13.7. The Morgan fingerprint density at radius 1 is 1.50 bits per heavy atom. The quantitative estimate of drug-likeness (QED) is 0.881. The first kappa shape index (κ1) is 14.8. The van der Waals surface area contributed by atoms with Gasteiger partial charge in [-0.2, -0.15) is 0 Å². The van der Waals surface area contributed by atoms with E-state index < -0.39 is 0 Å². The van der Waals surface area contributed by atoms with E-state index in [0.717, 1.165) is 0 Å². The lowest BCUT2D eigenvalue weighted by Gasteiger charge is -2.29. The number of amides is 1. The van der Waals surface area contributed by atoms with Gasteiger partial charge in [-0.3, -0.25) is 4.79 Å². The molecule has 1 aromatic carbocycles. The van der Waals surface area contributed by atoms with E-state index >= 15 is 0 Å². The molecule has 3 N–H and O–H groups in total. The first-order valence-electron chi connectivity index (χ1n) is 5.71. The number of phenolic OH excluding ortho intramolecular Hbond substituents is 1. The molecule has 0 aliphatic heterocycles. The zero-order chi connectivity index (χ0) is 13.9. The number of rotatable bonds is 4. The van der Waals surface area contributed by atoms with Gasteiger partial charge in [-0.1, -0.05) is 25.4 Å². The first-order valence-corrected chi connectivity index (χ1v) is 6.09. The van der Waals surface area contributed by atoms with Gasteiger partial charge in [-0.25, -0.2) is 0 Å². The number of carbonyl (C=O) groups is 1. The minimum Gasteiger partial charge on any atom is -0.507 e. The molecule has 18 heavy (non-hydrogen) atoms. The number of aromatic hydroxyl groups is 1. The van der Waals surface area contributed by atoms with Crippen LogP contribution in [0.1, 0.15) is 24.2 Å². The summed E-state index contributed by atoms with van der Waals surface area (Å²) in [6.45, 7) is 4.95. The summed E-state index contributed by atoms with van der Waals surface area (Å²) in [6, 6.07) is 4.42. The third kappa shape index (κ3) is 3.62. The van der Waals surface area contributed by atoms with E-state index in [1.807, 2.05) is 13.8 Å². The van der Waals surface area contributed by atoms with E-state index in [2.05, 4.69) is 0 Å². The molecule has 1 rings (SSSR count). The Kier molecular flexibility index (Phi) is 4.59. The van der Waals surface area contributed by atoms with Crippen LogP contribution in [0.5, 0.6) is 5.75 Å². The fraction of sp³-hybridized carbons (Fsp3) is 0.462. The smallest absolute Gasteiger partial charge is 0.257 e. The SMILES string of the molecule is CN(CC(C)(C)CN)C(=O)c1cc(Cl)ccc1O. The summed E-state index contributed by atoms with van der Waals surface area (Å²) in [5, 5.41) is 10.1. The molecule has 0 atom stereocenters. The molecule has 1 amide bonds. The van der Waals surface area contributed by atoms with E-state index in [0.29, 0.717) is 18.1 Å². The van der Waals surface area contributed by atoms with E-state index in [4.69, 9.17) is 17.3 Å². The Balaban J connectivity index is 2.90. The predicted octanol–water partition coefficient (Wildman–Crippen LogP) is 2.10. The Morgan fingerprint density at radius 2 is 2.11 bits per heavy atom. The van der Waals surface area contributed by atoms with Crippen LogP contribution >= 0.6 is 11.6 Å². The number of hydrogen-bond donors (Lipinski definition) is 2. The number of benzene rings is 1. The van der Waals surface area contributed by atoms with Crippen molar-refractivity contribution < 1.29 is 9.90 Å². The van der Waals surface area contributed by atoms with E-state index in [1.54, 1.807) is 7.05 Å². The second kappa shape index (κ2) is 5.59. The molecule has 0 saturated heterocycles. The maximum atomic E-state index is 12.2. The molecule has 0 saturated carbocycles. The van der Waals surface area contributed by atoms with Gasteiger partial charge in [0.05, 0.1) is 5.56 Å². The van der Waals surface area contributed by atoms with Gasteiger partial charge in [0.15, 0.2) is 0 Å². The second-order valence-electron chi connectivity index (χ2n) is 5.19. The fourth-order valence-electron chi connectivity index (χ4n) is 1.66. The monoisotopic (exact) mass is 270 g/mol. The molecule has 0 aliphatic carbocycles. The van der Waals surface area contributed by atoms with Crippen molar-refractivity contribution >= 4 is 17.5 Å². The largest absolute Gasteiger partial charge is 0.507 e. The van der Waals surface area contributed by atoms with Crippen molar-refractivity contribution in [2.75, 3.05) is 20.1 Å². The molecule has 0 radical (unpaired) electrons. The number of carbonyl (C=O) groups excluding carboxylic acids is 1. The van der Waals surface area contributed by atoms with Gasteiger partial charge in [-0.15, -0.1) is 0 Å². The minimum atomic E-state index is -0.267. The molecule has 5 heteroatoms. The molecule has 1 aromatic rings. The van der Waals surface area contributed by atoms with Crippen LogP contribution in [0, 0.1) is 5.41 Å². The number of phenols is 1. The summed E-state index contributed by atoms with van der Waals surface area (Å²) in [7, 11) is 1.68. The van der Waals surface area contributed by atoms with Gasteiger partial charge in [-0.05, 0) is 30.2 Å². The molecule has 4 nitrogen and oxygen atoms in total. The Bertz CT molecular complexity index is 447. The van der Waals surface area contributed by atoms with E-state index in [1.165, 1.54) is 23.1 Å². The third-order valence-electron chi connectivity index (χ3n) is 2.75. The maximum absolute atomic E-state index is 12.2. The van der Waals surface area contributed by atoms with Crippen LogP contribution in [0.2, 0.25) is 5.02 Å². The summed E-state index contributed by atoms with van der Waals surface area (Å²) in [6.07, 6.45) is 0. The van der Waals surface area contributed by atoms with E-state index in [9.17, 15) is 9.90 Å². The standard InChI is InChI=1S/C13H19ClN2O2/c1-13(2,7-15)8-16(3)12(18)10-6-9(14)4-5-11(10)17/h4-6,17H,7-8,15H2,1-3H3. The van der Waals surface area contributed by atoms with Crippen molar-refractivity contribution in [2.45, 2.75) is 13.8 Å². The normalized spacial score (nSPS) is 11.4. The first-order chi connectivity index (χ1) is 8.26. The van der Waals surface area contributed by atoms with Crippen LogP contribution in [0.15, 0.2) is 18.2 Å². The zero-order valence-corrected chi connectivity index (χ0v) is 11.7. The predicted molar refractivity (Wildman–Crippen MR) is 72.9 cm³/mol. The van der Waals surface area contributed by atoms with Crippen molar-refractivity contribution in [1.29, 1.82) is 0 Å². The minimum absolute atomic E-state index is 0.0678.